The topological polar surface area (TPSA) is 70.6 Å². The third-order valence-corrected chi connectivity index (χ3v) is 3.88. The summed E-state index contributed by atoms with van der Waals surface area (Å²) in [6.07, 6.45) is -2.50. The van der Waals surface area contributed by atoms with Crippen LogP contribution in [-0.4, -0.2) is 43.1 Å². The lowest BCUT2D eigenvalue weighted by molar-refractivity contribution is -0.274. The molecule has 1 aliphatic heterocycles. The fraction of sp³-hybridized carbons (Fsp3) is 0.562. The maximum absolute atomic E-state index is 12.1. The predicted molar refractivity (Wildman–Crippen MR) is 81.4 cm³/mol. The van der Waals surface area contributed by atoms with Crippen molar-refractivity contribution in [3.8, 4) is 5.75 Å². The molecule has 8 heteroatoms. The number of rotatable bonds is 7. The second-order valence-electron chi connectivity index (χ2n) is 5.84. The Hall–Kier alpha value is -1.80. The molecule has 2 atom stereocenters. The van der Waals surface area contributed by atoms with Crippen LogP contribution in [0.15, 0.2) is 24.3 Å². The van der Waals surface area contributed by atoms with Gasteiger partial charge in [0.1, 0.15) is 5.75 Å². The molecule has 1 fully saturated rings. The van der Waals surface area contributed by atoms with E-state index in [-0.39, 0.29) is 30.2 Å². The summed E-state index contributed by atoms with van der Waals surface area (Å²) in [7, 11) is 0. The number of hydrogen-bond donors (Lipinski definition) is 3. The Morgan fingerprint density at radius 1 is 1.38 bits per heavy atom. The monoisotopic (exact) mass is 346 g/mol. The van der Waals surface area contributed by atoms with Gasteiger partial charge in [0.15, 0.2) is 0 Å². The van der Waals surface area contributed by atoms with Crippen molar-refractivity contribution in [1.82, 2.24) is 10.6 Å². The van der Waals surface area contributed by atoms with Gasteiger partial charge in [-0.25, -0.2) is 0 Å². The highest BCUT2D eigenvalue weighted by Crippen LogP contribution is 2.23. The summed E-state index contributed by atoms with van der Waals surface area (Å²) in [4.78, 5) is 11.9. The summed E-state index contributed by atoms with van der Waals surface area (Å²) in [6.45, 7) is 1.02. The number of aliphatic hydroxyl groups is 1. The number of aliphatic hydroxyl groups excluding tert-OH is 1. The summed E-state index contributed by atoms with van der Waals surface area (Å²) in [5.74, 6) is -0.572. The van der Waals surface area contributed by atoms with Gasteiger partial charge in [-0.15, -0.1) is 13.2 Å². The molecule has 134 valence electrons. The Labute approximate surface area is 138 Å². The Balaban J connectivity index is 1.82. The van der Waals surface area contributed by atoms with Gasteiger partial charge in [-0.2, -0.15) is 0 Å². The minimum atomic E-state index is -4.71. The van der Waals surface area contributed by atoms with Crippen molar-refractivity contribution in [3.63, 3.8) is 0 Å². The molecule has 5 nitrogen and oxygen atoms in total. The number of carbonyl (C=O) groups excluding carboxylic acids is 1. The van der Waals surface area contributed by atoms with Gasteiger partial charge in [0.25, 0.3) is 0 Å². The molecular formula is C16H21F3N2O3. The maximum Gasteiger partial charge on any atom is 0.573 e. The van der Waals surface area contributed by atoms with Crippen molar-refractivity contribution < 1.29 is 27.8 Å². The van der Waals surface area contributed by atoms with Gasteiger partial charge >= 0.3 is 6.36 Å². The molecule has 0 spiro atoms. The molecule has 2 rings (SSSR count). The van der Waals surface area contributed by atoms with Gasteiger partial charge in [-0.05, 0) is 43.5 Å². The molecule has 0 radical (unpaired) electrons. The van der Waals surface area contributed by atoms with Crippen LogP contribution in [-0.2, 0) is 11.2 Å². The molecule has 24 heavy (non-hydrogen) atoms. The van der Waals surface area contributed by atoms with E-state index < -0.39 is 6.36 Å². The van der Waals surface area contributed by atoms with Crippen LogP contribution in [0.2, 0.25) is 0 Å². The number of carbonyl (C=O) groups is 1. The summed E-state index contributed by atoms with van der Waals surface area (Å²) in [5, 5.41) is 15.3. The molecule has 1 amide bonds. The van der Waals surface area contributed by atoms with Gasteiger partial charge in [-0.1, -0.05) is 12.1 Å². The van der Waals surface area contributed by atoms with Crippen LogP contribution < -0.4 is 15.4 Å². The number of halogens is 3. The van der Waals surface area contributed by atoms with Gasteiger partial charge < -0.3 is 20.5 Å². The lowest BCUT2D eigenvalue weighted by Crippen LogP contribution is -2.42. The maximum atomic E-state index is 12.1. The number of hydrogen-bond acceptors (Lipinski definition) is 4. The zero-order valence-electron chi connectivity index (χ0n) is 13.1. The van der Waals surface area contributed by atoms with Crippen molar-refractivity contribution in [3.05, 3.63) is 29.8 Å². The van der Waals surface area contributed by atoms with E-state index in [0.29, 0.717) is 13.0 Å². The number of nitrogens with one attached hydrogen (secondary N) is 2. The van der Waals surface area contributed by atoms with E-state index in [4.69, 9.17) is 0 Å². The summed E-state index contributed by atoms with van der Waals surface area (Å²) in [6, 6.07) is 5.33. The molecule has 1 heterocycles. The lowest BCUT2D eigenvalue weighted by atomic mass is 10.00. The number of benzene rings is 1. The number of alkyl halides is 3. The van der Waals surface area contributed by atoms with Crippen LogP contribution in [0.25, 0.3) is 0 Å². The molecule has 3 N–H and O–H groups in total. The Morgan fingerprint density at radius 3 is 2.62 bits per heavy atom. The SMILES string of the molecule is O=C(NCC(CO)Cc1ccc(OC(F)(F)F)cc1)C1CCCN1. The van der Waals surface area contributed by atoms with Gasteiger partial charge in [-0.3, -0.25) is 4.79 Å². The van der Waals surface area contributed by atoms with E-state index in [0.717, 1.165) is 24.9 Å². The highest BCUT2D eigenvalue weighted by molar-refractivity contribution is 5.81. The van der Waals surface area contributed by atoms with E-state index in [9.17, 15) is 23.1 Å². The molecule has 1 aromatic carbocycles. The molecule has 1 saturated heterocycles. The quantitative estimate of drug-likeness (QED) is 0.701. The second-order valence-corrected chi connectivity index (χ2v) is 5.84. The first-order valence-corrected chi connectivity index (χ1v) is 7.84. The van der Waals surface area contributed by atoms with E-state index in [1.165, 1.54) is 24.3 Å². The third kappa shape index (κ3) is 6.01. The molecular weight excluding hydrogens is 325 g/mol. The Bertz CT molecular complexity index is 528. The normalized spacial score (nSPS) is 19.1. The fourth-order valence-electron chi connectivity index (χ4n) is 2.64. The molecule has 0 aromatic heterocycles. The van der Waals surface area contributed by atoms with Crippen molar-refractivity contribution in [2.45, 2.75) is 31.7 Å². The molecule has 0 aliphatic carbocycles. The summed E-state index contributed by atoms with van der Waals surface area (Å²) in [5.41, 5.74) is 0.761. The lowest BCUT2D eigenvalue weighted by Gasteiger charge is -2.17. The zero-order chi connectivity index (χ0) is 17.6. The van der Waals surface area contributed by atoms with Crippen LogP contribution in [0.1, 0.15) is 18.4 Å². The van der Waals surface area contributed by atoms with Crippen LogP contribution in [0, 0.1) is 5.92 Å². The second kappa shape index (κ2) is 8.34. The summed E-state index contributed by atoms with van der Waals surface area (Å²) >= 11 is 0. The Morgan fingerprint density at radius 2 is 2.08 bits per heavy atom. The van der Waals surface area contributed by atoms with Crippen molar-refractivity contribution in [2.24, 2.45) is 5.92 Å². The van der Waals surface area contributed by atoms with Gasteiger partial charge in [0, 0.05) is 19.1 Å². The number of amides is 1. The smallest absolute Gasteiger partial charge is 0.406 e. The largest absolute Gasteiger partial charge is 0.573 e. The summed E-state index contributed by atoms with van der Waals surface area (Å²) < 4.78 is 40.1. The molecule has 0 saturated carbocycles. The van der Waals surface area contributed by atoms with E-state index in [1.54, 1.807) is 0 Å². The zero-order valence-corrected chi connectivity index (χ0v) is 13.1. The third-order valence-electron chi connectivity index (χ3n) is 3.88. The molecule has 0 bridgehead atoms. The fourth-order valence-corrected chi connectivity index (χ4v) is 2.64. The van der Waals surface area contributed by atoms with Crippen LogP contribution in [0.4, 0.5) is 13.2 Å². The minimum Gasteiger partial charge on any atom is -0.406 e. The molecule has 2 unspecified atom stereocenters. The van der Waals surface area contributed by atoms with Gasteiger partial charge in [0.2, 0.25) is 5.91 Å². The highest BCUT2D eigenvalue weighted by atomic mass is 19.4. The van der Waals surface area contributed by atoms with Crippen LogP contribution in [0.3, 0.4) is 0 Å². The first-order chi connectivity index (χ1) is 11.4. The first kappa shape index (κ1) is 18.5. The van der Waals surface area contributed by atoms with Gasteiger partial charge in [0.05, 0.1) is 6.04 Å². The van der Waals surface area contributed by atoms with Crippen molar-refractivity contribution >= 4 is 5.91 Å². The van der Waals surface area contributed by atoms with E-state index in [2.05, 4.69) is 15.4 Å². The number of ether oxygens (including phenoxy) is 1. The van der Waals surface area contributed by atoms with E-state index in [1.807, 2.05) is 0 Å². The van der Waals surface area contributed by atoms with Crippen molar-refractivity contribution in [1.29, 1.82) is 0 Å². The van der Waals surface area contributed by atoms with Crippen LogP contribution in [0.5, 0.6) is 5.75 Å². The average Bonchev–Trinajstić information content (AvgIpc) is 3.06. The van der Waals surface area contributed by atoms with Crippen molar-refractivity contribution in [2.75, 3.05) is 19.7 Å². The molecule has 1 aromatic rings. The standard InChI is InChI=1S/C16H21F3N2O3/c17-16(18,19)24-13-5-3-11(4-6-13)8-12(10-22)9-21-15(23)14-2-1-7-20-14/h3-6,12,14,20,22H,1-2,7-10H2,(H,21,23). The highest BCUT2D eigenvalue weighted by Gasteiger charge is 2.31. The average molecular weight is 346 g/mol. The Kier molecular flexibility index (Phi) is 6.44. The minimum absolute atomic E-state index is 0.0834. The predicted octanol–water partition coefficient (Wildman–Crippen LogP) is 1.60. The molecule has 1 aliphatic rings. The first-order valence-electron chi connectivity index (χ1n) is 7.84. The van der Waals surface area contributed by atoms with Crippen LogP contribution >= 0.6 is 0 Å². The van der Waals surface area contributed by atoms with E-state index >= 15 is 0 Å².